The molecule has 0 amide bonds. The van der Waals surface area contributed by atoms with E-state index in [1.807, 2.05) is 0 Å². The van der Waals surface area contributed by atoms with Gasteiger partial charge in [-0.1, -0.05) is 6.07 Å². The van der Waals surface area contributed by atoms with Crippen LogP contribution >= 0.6 is 0 Å². The van der Waals surface area contributed by atoms with E-state index in [9.17, 15) is 18.3 Å². The maximum absolute atomic E-state index is 12.7. The zero-order valence-electron chi connectivity index (χ0n) is 13.1. The van der Waals surface area contributed by atoms with Crippen LogP contribution in [0.25, 0.3) is 0 Å². The Labute approximate surface area is 144 Å². The Morgan fingerprint density at radius 3 is 2.64 bits per heavy atom. The van der Waals surface area contributed by atoms with Crippen LogP contribution in [0.5, 0.6) is 11.5 Å². The van der Waals surface area contributed by atoms with Gasteiger partial charge in [-0.3, -0.25) is 9.78 Å². The van der Waals surface area contributed by atoms with E-state index in [4.69, 9.17) is 9.47 Å². The number of ether oxygens (including phenoxy) is 2. The number of sulfonamides is 1. The number of hydrogen-bond donors (Lipinski definition) is 2. The predicted molar refractivity (Wildman–Crippen MR) is 87.1 cm³/mol. The highest BCUT2D eigenvalue weighted by Crippen LogP contribution is 2.36. The number of benzene rings is 1. The second kappa shape index (κ2) is 7.08. The van der Waals surface area contributed by atoms with Crippen molar-refractivity contribution in [2.75, 3.05) is 13.2 Å². The van der Waals surface area contributed by atoms with Gasteiger partial charge < -0.3 is 14.6 Å². The van der Waals surface area contributed by atoms with Crippen molar-refractivity contribution in [1.29, 1.82) is 0 Å². The van der Waals surface area contributed by atoms with Gasteiger partial charge in [0.05, 0.1) is 0 Å². The summed E-state index contributed by atoms with van der Waals surface area (Å²) in [4.78, 5) is 15.2. The third-order valence-corrected chi connectivity index (χ3v) is 5.10. The van der Waals surface area contributed by atoms with E-state index in [1.165, 1.54) is 24.5 Å². The number of carboxylic acids is 1. The summed E-state index contributed by atoms with van der Waals surface area (Å²) in [7, 11) is -4.12. The van der Waals surface area contributed by atoms with Crippen molar-refractivity contribution >= 4 is 16.0 Å². The average Bonchev–Trinajstić information content (AvgIpc) is 2.61. The molecule has 2 aromatic rings. The highest BCUT2D eigenvalue weighted by atomic mass is 32.2. The van der Waals surface area contributed by atoms with E-state index in [1.54, 1.807) is 18.2 Å². The Morgan fingerprint density at radius 1 is 1.20 bits per heavy atom. The summed E-state index contributed by atoms with van der Waals surface area (Å²) in [5, 5.41) is 9.38. The minimum atomic E-state index is -4.12. The van der Waals surface area contributed by atoms with Gasteiger partial charge in [-0.2, -0.15) is 4.72 Å². The van der Waals surface area contributed by atoms with Crippen LogP contribution in [0.1, 0.15) is 5.56 Å². The molecule has 25 heavy (non-hydrogen) atoms. The predicted octanol–water partition coefficient (Wildman–Crippen LogP) is 0.827. The molecule has 8 nitrogen and oxygen atoms in total. The van der Waals surface area contributed by atoms with E-state index in [2.05, 4.69) is 9.71 Å². The third-order valence-electron chi connectivity index (χ3n) is 3.60. The maximum Gasteiger partial charge on any atom is 0.322 e. The van der Waals surface area contributed by atoms with E-state index < -0.39 is 22.0 Å². The lowest BCUT2D eigenvalue weighted by Gasteiger charge is -2.22. The third kappa shape index (κ3) is 3.89. The number of aromatic nitrogens is 1. The minimum Gasteiger partial charge on any atom is -0.486 e. The van der Waals surface area contributed by atoms with Gasteiger partial charge in [0, 0.05) is 12.4 Å². The molecule has 1 aromatic carbocycles. The number of aliphatic carboxylic acids is 1. The number of rotatable bonds is 6. The summed E-state index contributed by atoms with van der Waals surface area (Å²) in [5.41, 5.74) is 0.653. The number of nitrogens with one attached hydrogen (secondary N) is 1. The summed E-state index contributed by atoms with van der Waals surface area (Å²) in [5.74, 6) is -0.869. The van der Waals surface area contributed by atoms with E-state index in [0.29, 0.717) is 17.9 Å². The Kier molecular flexibility index (Phi) is 4.86. The van der Waals surface area contributed by atoms with Gasteiger partial charge in [0.1, 0.15) is 24.2 Å². The Morgan fingerprint density at radius 2 is 1.92 bits per heavy atom. The van der Waals surface area contributed by atoms with Crippen LogP contribution in [-0.2, 0) is 21.2 Å². The number of fused-ring (bicyclic) bond motifs is 1. The number of hydrogen-bond acceptors (Lipinski definition) is 6. The lowest BCUT2D eigenvalue weighted by Crippen LogP contribution is -2.42. The number of carboxylic acid groups (broad SMARTS) is 1. The standard InChI is InChI=1S/C16H16N2O6S/c19-16(20)12(10-11-4-6-17-7-5-11)18-25(21,22)14-3-1-2-13-15(14)24-9-8-23-13/h1-7,12,18H,8-10H2,(H,19,20). The summed E-state index contributed by atoms with van der Waals surface area (Å²) in [6, 6.07) is 6.39. The van der Waals surface area contributed by atoms with Gasteiger partial charge in [0.15, 0.2) is 11.5 Å². The maximum atomic E-state index is 12.7. The second-order valence-corrected chi connectivity index (χ2v) is 7.03. The molecule has 9 heteroatoms. The zero-order chi connectivity index (χ0) is 17.9. The minimum absolute atomic E-state index is 0.0105. The van der Waals surface area contributed by atoms with Gasteiger partial charge in [0.25, 0.3) is 0 Å². The summed E-state index contributed by atoms with van der Waals surface area (Å²) in [6.45, 7) is 0.544. The van der Waals surface area contributed by atoms with Gasteiger partial charge >= 0.3 is 5.97 Å². The molecule has 2 heterocycles. The molecular formula is C16H16N2O6S. The lowest BCUT2D eigenvalue weighted by molar-refractivity contribution is -0.138. The largest absolute Gasteiger partial charge is 0.486 e. The topological polar surface area (TPSA) is 115 Å². The molecule has 0 spiro atoms. The molecule has 0 radical (unpaired) electrons. The first kappa shape index (κ1) is 17.2. The van der Waals surface area contributed by atoms with Crippen molar-refractivity contribution < 1.29 is 27.8 Å². The molecule has 0 fully saturated rings. The monoisotopic (exact) mass is 364 g/mol. The normalized spacial score (nSPS) is 14.7. The molecule has 0 bridgehead atoms. The Bertz CT molecular complexity index is 869. The highest BCUT2D eigenvalue weighted by molar-refractivity contribution is 7.89. The van der Waals surface area contributed by atoms with Crippen LogP contribution in [0.2, 0.25) is 0 Å². The van der Waals surface area contributed by atoms with E-state index >= 15 is 0 Å². The summed E-state index contributed by atoms with van der Waals surface area (Å²) >= 11 is 0. The van der Waals surface area contributed by atoms with Crippen LogP contribution in [0, 0.1) is 0 Å². The molecule has 132 valence electrons. The Balaban J connectivity index is 1.88. The number of para-hydroxylation sites is 1. The molecule has 1 unspecified atom stereocenters. The molecule has 0 saturated carbocycles. The molecule has 0 saturated heterocycles. The quantitative estimate of drug-likeness (QED) is 0.780. The van der Waals surface area contributed by atoms with Crippen molar-refractivity contribution in [3.05, 3.63) is 48.3 Å². The smallest absolute Gasteiger partial charge is 0.322 e. The van der Waals surface area contributed by atoms with Crippen molar-refractivity contribution in [3.8, 4) is 11.5 Å². The van der Waals surface area contributed by atoms with Gasteiger partial charge in [-0.25, -0.2) is 8.42 Å². The van der Waals surface area contributed by atoms with E-state index in [0.717, 1.165) is 0 Å². The average molecular weight is 364 g/mol. The van der Waals surface area contributed by atoms with Gasteiger partial charge in [-0.05, 0) is 36.2 Å². The van der Waals surface area contributed by atoms with Crippen LogP contribution in [0.3, 0.4) is 0 Å². The van der Waals surface area contributed by atoms with Crippen molar-refractivity contribution in [3.63, 3.8) is 0 Å². The first-order valence-corrected chi connectivity index (χ1v) is 8.98. The second-order valence-electron chi connectivity index (χ2n) is 5.35. The van der Waals surface area contributed by atoms with Crippen LogP contribution in [0.4, 0.5) is 0 Å². The number of nitrogens with zero attached hydrogens (tertiary/aromatic N) is 1. The molecule has 1 aromatic heterocycles. The molecular weight excluding hydrogens is 348 g/mol. The van der Waals surface area contributed by atoms with Crippen molar-refractivity contribution in [2.45, 2.75) is 17.4 Å². The van der Waals surface area contributed by atoms with Gasteiger partial charge in [0.2, 0.25) is 10.0 Å². The fraction of sp³-hybridized carbons (Fsp3) is 0.250. The molecule has 1 atom stereocenters. The molecule has 0 aliphatic carbocycles. The first-order chi connectivity index (χ1) is 12.0. The molecule has 2 N–H and O–H groups in total. The SMILES string of the molecule is O=C(O)C(Cc1ccncc1)NS(=O)(=O)c1cccc2c1OCCO2. The molecule has 1 aliphatic rings. The van der Waals surface area contributed by atoms with Gasteiger partial charge in [-0.15, -0.1) is 0 Å². The highest BCUT2D eigenvalue weighted by Gasteiger charge is 2.30. The van der Waals surface area contributed by atoms with E-state index in [-0.39, 0.29) is 23.7 Å². The summed E-state index contributed by atoms with van der Waals surface area (Å²) in [6.07, 6.45) is 3.02. The Hall–Kier alpha value is -2.65. The number of pyridine rings is 1. The molecule has 3 rings (SSSR count). The van der Waals surface area contributed by atoms with Crippen LogP contribution in [-0.4, -0.2) is 43.7 Å². The molecule has 1 aliphatic heterocycles. The van der Waals surface area contributed by atoms with Crippen molar-refractivity contribution in [2.24, 2.45) is 0 Å². The fourth-order valence-electron chi connectivity index (χ4n) is 2.44. The van der Waals surface area contributed by atoms with Crippen molar-refractivity contribution in [1.82, 2.24) is 9.71 Å². The summed E-state index contributed by atoms with van der Waals surface area (Å²) < 4.78 is 38.4. The zero-order valence-corrected chi connectivity index (χ0v) is 13.9. The van der Waals surface area contributed by atoms with Crippen LogP contribution in [0.15, 0.2) is 47.6 Å². The first-order valence-electron chi connectivity index (χ1n) is 7.50. The lowest BCUT2D eigenvalue weighted by atomic mass is 10.1. The van der Waals surface area contributed by atoms with Crippen LogP contribution < -0.4 is 14.2 Å². The number of carbonyl (C=O) groups is 1. The fourth-order valence-corrected chi connectivity index (χ4v) is 3.79.